The van der Waals surface area contributed by atoms with Gasteiger partial charge in [-0.25, -0.2) is 4.98 Å². The number of para-hydroxylation sites is 2. The highest BCUT2D eigenvalue weighted by Gasteiger charge is 2.26. The van der Waals surface area contributed by atoms with Crippen molar-refractivity contribution in [3.8, 4) is 0 Å². The number of fused-ring (bicyclic) bond motifs is 1. The van der Waals surface area contributed by atoms with Crippen molar-refractivity contribution in [3.63, 3.8) is 0 Å². The summed E-state index contributed by atoms with van der Waals surface area (Å²) in [6.07, 6.45) is 1.19. The summed E-state index contributed by atoms with van der Waals surface area (Å²) in [4.78, 5) is 18.5. The minimum Gasteiger partial charge on any atom is -0.480 e. The molecule has 0 saturated heterocycles. The van der Waals surface area contributed by atoms with Crippen molar-refractivity contribution in [2.24, 2.45) is 5.73 Å². The van der Waals surface area contributed by atoms with Crippen LogP contribution in [-0.2, 0) is 4.79 Å². The van der Waals surface area contributed by atoms with Crippen LogP contribution in [0.2, 0.25) is 0 Å². The van der Waals surface area contributed by atoms with E-state index in [1.807, 2.05) is 24.3 Å². The first-order chi connectivity index (χ1) is 8.99. The molecule has 2 aromatic rings. The Labute approximate surface area is 115 Å². The van der Waals surface area contributed by atoms with Gasteiger partial charge in [-0.15, -0.1) is 0 Å². The quantitative estimate of drug-likeness (QED) is 0.557. The van der Waals surface area contributed by atoms with Crippen LogP contribution in [0.25, 0.3) is 11.0 Å². The molecule has 2 rings (SSSR count). The molecule has 0 bridgehead atoms. The topological polar surface area (TPSA) is 92.0 Å². The van der Waals surface area contributed by atoms with Crippen molar-refractivity contribution < 1.29 is 9.90 Å². The number of imidazole rings is 1. The second-order valence-electron chi connectivity index (χ2n) is 4.73. The van der Waals surface area contributed by atoms with Gasteiger partial charge in [-0.05, 0) is 31.9 Å². The van der Waals surface area contributed by atoms with Gasteiger partial charge in [0.05, 0.1) is 11.0 Å². The number of hydrogen-bond acceptors (Lipinski definition) is 4. The summed E-state index contributed by atoms with van der Waals surface area (Å²) in [6.45, 7) is 1.54. The van der Waals surface area contributed by atoms with Crippen LogP contribution in [0.4, 0.5) is 0 Å². The molecule has 6 heteroatoms. The van der Waals surface area contributed by atoms with Gasteiger partial charge in [-0.2, -0.15) is 0 Å². The van der Waals surface area contributed by atoms with Gasteiger partial charge in [0.1, 0.15) is 5.54 Å². The van der Waals surface area contributed by atoms with Gasteiger partial charge in [0.15, 0.2) is 5.16 Å². The molecule has 1 aromatic heterocycles. The Morgan fingerprint density at radius 2 is 2.26 bits per heavy atom. The highest BCUT2D eigenvalue weighted by atomic mass is 32.2. The lowest BCUT2D eigenvalue weighted by molar-refractivity contribution is -0.142. The number of hydrogen-bond donors (Lipinski definition) is 3. The van der Waals surface area contributed by atoms with Gasteiger partial charge in [0.2, 0.25) is 0 Å². The van der Waals surface area contributed by atoms with E-state index in [9.17, 15) is 4.79 Å². The van der Waals surface area contributed by atoms with Crippen molar-refractivity contribution in [1.82, 2.24) is 9.97 Å². The molecule has 5 nitrogen and oxygen atoms in total. The van der Waals surface area contributed by atoms with Crippen LogP contribution in [-0.4, -0.2) is 32.3 Å². The van der Waals surface area contributed by atoms with Crippen LogP contribution in [0.5, 0.6) is 0 Å². The molecule has 1 atom stereocenters. The predicted molar refractivity (Wildman–Crippen MR) is 76.3 cm³/mol. The molecule has 102 valence electrons. The van der Waals surface area contributed by atoms with E-state index in [2.05, 4.69) is 9.97 Å². The summed E-state index contributed by atoms with van der Waals surface area (Å²) in [6, 6.07) is 7.84. The summed E-state index contributed by atoms with van der Waals surface area (Å²) in [5.74, 6) is -0.166. The molecule has 1 heterocycles. The number of carboxylic acid groups (broad SMARTS) is 1. The molecule has 0 radical (unpaired) electrons. The van der Waals surface area contributed by atoms with Crippen molar-refractivity contribution >= 4 is 28.8 Å². The normalized spacial score (nSPS) is 14.4. The van der Waals surface area contributed by atoms with Crippen LogP contribution < -0.4 is 5.73 Å². The standard InChI is InChI=1S/C13H17N3O2S/c1-13(14,11(17)18)7-4-8-19-12-15-9-5-2-3-6-10(9)16-12/h2-3,5-6H,4,7-8,14H2,1H3,(H,15,16)(H,17,18). The number of carbonyl (C=O) groups is 1. The molecular weight excluding hydrogens is 262 g/mol. The molecule has 0 saturated carbocycles. The summed E-state index contributed by atoms with van der Waals surface area (Å²) < 4.78 is 0. The number of nitrogens with two attached hydrogens (primary N) is 1. The maximum absolute atomic E-state index is 10.9. The third kappa shape index (κ3) is 3.48. The second-order valence-corrected chi connectivity index (χ2v) is 5.82. The lowest BCUT2D eigenvalue weighted by Crippen LogP contribution is -2.44. The first-order valence-electron chi connectivity index (χ1n) is 6.09. The van der Waals surface area contributed by atoms with E-state index < -0.39 is 11.5 Å². The maximum atomic E-state index is 10.9. The zero-order chi connectivity index (χ0) is 13.9. The van der Waals surface area contributed by atoms with Gasteiger partial charge in [0.25, 0.3) is 0 Å². The minimum absolute atomic E-state index is 0.454. The Balaban J connectivity index is 1.84. The Kier molecular flexibility index (Phi) is 4.11. The Morgan fingerprint density at radius 3 is 2.95 bits per heavy atom. The average molecular weight is 279 g/mol. The number of thioether (sulfide) groups is 1. The zero-order valence-electron chi connectivity index (χ0n) is 10.7. The monoisotopic (exact) mass is 279 g/mol. The maximum Gasteiger partial charge on any atom is 0.323 e. The summed E-state index contributed by atoms with van der Waals surface area (Å²) >= 11 is 1.58. The Hall–Kier alpha value is -1.53. The van der Waals surface area contributed by atoms with Crippen LogP contribution in [0, 0.1) is 0 Å². The number of aromatic nitrogens is 2. The number of nitrogens with zero attached hydrogens (tertiary/aromatic N) is 1. The fraction of sp³-hybridized carbons (Fsp3) is 0.385. The molecule has 0 aliphatic carbocycles. The van der Waals surface area contributed by atoms with E-state index in [0.717, 1.165) is 28.4 Å². The first kappa shape index (κ1) is 13.9. The first-order valence-corrected chi connectivity index (χ1v) is 7.07. The lowest BCUT2D eigenvalue weighted by atomic mass is 9.98. The van der Waals surface area contributed by atoms with E-state index in [1.54, 1.807) is 18.7 Å². The third-order valence-corrected chi connectivity index (χ3v) is 3.90. The number of nitrogens with one attached hydrogen (secondary N) is 1. The van der Waals surface area contributed by atoms with Gasteiger partial charge in [-0.3, -0.25) is 4.79 Å². The molecule has 1 aromatic carbocycles. The molecule has 0 fully saturated rings. The number of aromatic amines is 1. The number of H-pyrrole nitrogens is 1. The fourth-order valence-electron chi connectivity index (χ4n) is 1.71. The van der Waals surface area contributed by atoms with Crippen LogP contribution in [0.1, 0.15) is 19.8 Å². The molecular formula is C13H17N3O2S. The van der Waals surface area contributed by atoms with Crippen molar-refractivity contribution in [3.05, 3.63) is 24.3 Å². The second kappa shape index (κ2) is 5.63. The predicted octanol–water partition coefficient (Wildman–Crippen LogP) is 2.24. The molecule has 4 N–H and O–H groups in total. The van der Waals surface area contributed by atoms with Gasteiger partial charge < -0.3 is 15.8 Å². The average Bonchev–Trinajstić information content (AvgIpc) is 2.77. The largest absolute Gasteiger partial charge is 0.480 e. The van der Waals surface area contributed by atoms with Crippen LogP contribution >= 0.6 is 11.8 Å². The SMILES string of the molecule is CC(N)(CCCSc1nc2ccccc2[nH]1)C(=O)O. The van der Waals surface area contributed by atoms with Crippen molar-refractivity contribution in [2.75, 3.05) is 5.75 Å². The van der Waals surface area contributed by atoms with Crippen molar-refractivity contribution in [2.45, 2.75) is 30.5 Å². The van der Waals surface area contributed by atoms with E-state index >= 15 is 0 Å². The highest BCUT2D eigenvalue weighted by molar-refractivity contribution is 7.99. The number of aliphatic carboxylic acids is 1. The van der Waals surface area contributed by atoms with Crippen molar-refractivity contribution in [1.29, 1.82) is 0 Å². The third-order valence-electron chi connectivity index (χ3n) is 2.94. The fourth-order valence-corrected chi connectivity index (χ4v) is 2.54. The van der Waals surface area contributed by atoms with E-state index in [1.165, 1.54) is 0 Å². The molecule has 19 heavy (non-hydrogen) atoms. The summed E-state index contributed by atoms with van der Waals surface area (Å²) in [7, 11) is 0. The zero-order valence-corrected chi connectivity index (χ0v) is 11.5. The molecule has 0 aliphatic rings. The summed E-state index contributed by atoms with van der Waals surface area (Å²) in [5.41, 5.74) is 6.48. The Bertz CT molecular complexity index is 547. The summed E-state index contributed by atoms with van der Waals surface area (Å²) in [5, 5.41) is 9.76. The van der Waals surface area contributed by atoms with E-state index in [-0.39, 0.29) is 0 Å². The smallest absolute Gasteiger partial charge is 0.323 e. The molecule has 0 spiro atoms. The molecule has 0 amide bonds. The van der Waals surface area contributed by atoms with E-state index in [0.29, 0.717) is 6.42 Å². The van der Waals surface area contributed by atoms with Gasteiger partial charge in [0, 0.05) is 5.75 Å². The van der Waals surface area contributed by atoms with Gasteiger partial charge in [-0.1, -0.05) is 23.9 Å². The Morgan fingerprint density at radius 1 is 1.53 bits per heavy atom. The number of benzene rings is 1. The van der Waals surface area contributed by atoms with Gasteiger partial charge >= 0.3 is 5.97 Å². The number of rotatable bonds is 6. The number of carboxylic acids is 1. The minimum atomic E-state index is -1.14. The molecule has 1 unspecified atom stereocenters. The lowest BCUT2D eigenvalue weighted by Gasteiger charge is -2.18. The van der Waals surface area contributed by atoms with Crippen LogP contribution in [0.3, 0.4) is 0 Å². The van der Waals surface area contributed by atoms with E-state index in [4.69, 9.17) is 10.8 Å². The molecule has 0 aliphatic heterocycles. The highest BCUT2D eigenvalue weighted by Crippen LogP contribution is 2.21. The van der Waals surface area contributed by atoms with Crippen LogP contribution in [0.15, 0.2) is 29.4 Å².